The van der Waals surface area contributed by atoms with E-state index in [1.165, 1.54) is 0 Å². The number of hydrogen-bond acceptors (Lipinski definition) is 3. The monoisotopic (exact) mass is 173 g/mol. The molecule has 3 nitrogen and oxygen atoms in total. The summed E-state index contributed by atoms with van der Waals surface area (Å²) < 4.78 is 10.5. The summed E-state index contributed by atoms with van der Waals surface area (Å²) in [6, 6.07) is 0. The fraction of sp³-hybridized carbons (Fsp3) is 1.00. The molecule has 1 rings (SSSR count). The van der Waals surface area contributed by atoms with Gasteiger partial charge >= 0.3 is 0 Å². The molecule has 1 aliphatic heterocycles. The molecule has 0 aliphatic carbocycles. The molecule has 0 spiro atoms. The van der Waals surface area contributed by atoms with Crippen molar-refractivity contribution in [3.8, 4) is 0 Å². The average molecular weight is 173 g/mol. The van der Waals surface area contributed by atoms with Crippen LogP contribution in [0.15, 0.2) is 0 Å². The fourth-order valence-electron chi connectivity index (χ4n) is 1.59. The minimum Gasteiger partial charge on any atom is -0.380 e. The third-order valence-corrected chi connectivity index (χ3v) is 2.48. The van der Waals surface area contributed by atoms with E-state index >= 15 is 0 Å². The first kappa shape index (κ1) is 9.96. The first-order valence-corrected chi connectivity index (χ1v) is 4.54. The zero-order valence-corrected chi connectivity index (χ0v) is 8.25. The second-order valence-corrected chi connectivity index (χ2v) is 3.45. The van der Waals surface area contributed by atoms with Gasteiger partial charge in [0.2, 0.25) is 0 Å². The summed E-state index contributed by atoms with van der Waals surface area (Å²) in [4.78, 5) is 2.39. The van der Waals surface area contributed by atoms with E-state index in [0.29, 0.717) is 12.2 Å². The first-order chi connectivity index (χ1) is 5.76. The molecule has 0 aromatic heterocycles. The molecule has 2 atom stereocenters. The molecule has 0 N–H and O–H groups in total. The van der Waals surface area contributed by atoms with E-state index in [1.807, 2.05) is 0 Å². The molecule has 0 radical (unpaired) electrons. The van der Waals surface area contributed by atoms with Gasteiger partial charge in [-0.2, -0.15) is 0 Å². The van der Waals surface area contributed by atoms with E-state index in [-0.39, 0.29) is 0 Å². The Morgan fingerprint density at radius 1 is 1.50 bits per heavy atom. The average Bonchev–Trinajstić information content (AvgIpc) is 2.52. The fourth-order valence-corrected chi connectivity index (χ4v) is 1.59. The minimum atomic E-state index is 0.334. The maximum atomic E-state index is 5.27. The lowest BCUT2D eigenvalue weighted by atomic mass is 10.3. The van der Waals surface area contributed by atoms with Crippen molar-refractivity contribution in [1.29, 1.82) is 0 Å². The second kappa shape index (κ2) is 4.80. The molecule has 72 valence electrons. The Hall–Kier alpha value is -0.120. The van der Waals surface area contributed by atoms with Crippen LogP contribution >= 0.6 is 0 Å². The van der Waals surface area contributed by atoms with Gasteiger partial charge in [0.1, 0.15) is 0 Å². The Balaban J connectivity index is 2.18. The lowest BCUT2D eigenvalue weighted by Gasteiger charge is -2.19. The molecule has 0 aromatic carbocycles. The molecule has 0 unspecified atom stereocenters. The molecule has 1 heterocycles. The van der Waals surface area contributed by atoms with Gasteiger partial charge in [0.15, 0.2) is 0 Å². The maximum Gasteiger partial charge on any atom is 0.0710 e. The van der Waals surface area contributed by atoms with Crippen LogP contribution in [0, 0.1) is 0 Å². The highest BCUT2D eigenvalue weighted by Crippen LogP contribution is 2.12. The van der Waals surface area contributed by atoms with Crippen LogP contribution in [0.5, 0.6) is 0 Å². The van der Waals surface area contributed by atoms with Gasteiger partial charge < -0.3 is 9.47 Å². The van der Waals surface area contributed by atoms with E-state index in [1.54, 1.807) is 14.2 Å². The number of rotatable bonds is 4. The number of hydrogen-bond donors (Lipinski definition) is 0. The Kier molecular flexibility index (Phi) is 3.98. The molecule has 0 aromatic rings. The van der Waals surface area contributed by atoms with E-state index < -0.39 is 0 Å². The zero-order chi connectivity index (χ0) is 8.97. The van der Waals surface area contributed by atoms with Crippen molar-refractivity contribution in [3.63, 3.8) is 0 Å². The summed E-state index contributed by atoms with van der Waals surface area (Å²) >= 11 is 0. The summed E-state index contributed by atoms with van der Waals surface area (Å²) in [5.74, 6) is 0. The van der Waals surface area contributed by atoms with Gasteiger partial charge in [0.05, 0.1) is 12.2 Å². The van der Waals surface area contributed by atoms with E-state index in [9.17, 15) is 0 Å². The minimum absolute atomic E-state index is 0.334. The highest BCUT2D eigenvalue weighted by molar-refractivity contribution is 4.76. The predicted molar refractivity (Wildman–Crippen MR) is 48.3 cm³/mol. The third kappa shape index (κ3) is 2.73. The Bertz CT molecular complexity index is 130. The maximum absolute atomic E-state index is 5.27. The SMILES string of the molecule is CO[C@H]1CCN(C[C@@H](C)OC)C1. The predicted octanol–water partition coefficient (Wildman–Crippen LogP) is 0.742. The first-order valence-electron chi connectivity index (χ1n) is 4.54. The molecule has 1 aliphatic rings. The van der Waals surface area contributed by atoms with Gasteiger partial charge in [-0.1, -0.05) is 0 Å². The van der Waals surface area contributed by atoms with Crippen molar-refractivity contribution in [2.24, 2.45) is 0 Å². The zero-order valence-electron chi connectivity index (χ0n) is 8.25. The van der Waals surface area contributed by atoms with Crippen LogP contribution in [0.3, 0.4) is 0 Å². The van der Waals surface area contributed by atoms with Gasteiger partial charge in [-0.05, 0) is 13.3 Å². The number of ether oxygens (including phenoxy) is 2. The Morgan fingerprint density at radius 2 is 2.25 bits per heavy atom. The summed E-state index contributed by atoms with van der Waals surface area (Å²) in [5.41, 5.74) is 0. The molecule has 0 saturated carbocycles. The van der Waals surface area contributed by atoms with Gasteiger partial charge in [0, 0.05) is 33.9 Å². The van der Waals surface area contributed by atoms with Crippen LogP contribution in [0.2, 0.25) is 0 Å². The van der Waals surface area contributed by atoms with E-state index in [4.69, 9.17) is 9.47 Å². The second-order valence-electron chi connectivity index (χ2n) is 3.45. The van der Waals surface area contributed by atoms with Crippen molar-refractivity contribution in [2.45, 2.75) is 25.6 Å². The van der Waals surface area contributed by atoms with Crippen LogP contribution < -0.4 is 0 Å². The normalized spacial score (nSPS) is 27.8. The summed E-state index contributed by atoms with van der Waals surface area (Å²) in [6.45, 7) is 5.33. The van der Waals surface area contributed by atoms with Gasteiger partial charge in [0.25, 0.3) is 0 Å². The smallest absolute Gasteiger partial charge is 0.0710 e. The Morgan fingerprint density at radius 3 is 2.75 bits per heavy atom. The van der Waals surface area contributed by atoms with Crippen molar-refractivity contribution in [1.82, 2.24) is 4.90 Å². The number of methoxy groups -OCH3 is 2. The molecule has 1 fully saturated rings. The molecule has 3 heteroatoms. The summed E-state index contributed by atoms with van der Waals surface area (Å²) in [5, 5.41) is 0. The van der Waals surface area contributed by atoms with Crippen molar-refractivity contribution in [3.05, 3.63) is 0 Å². The van der Waals surface area contributed by atoms with E-state index in [0.717, 1.165) is 26.1 Å². The van der Waals surface area contributed by atoms with Crippen molar-refractivity contribution >= 4 is 0 Å². The largest absolute Gasteiger partial charge is 0.380 e. The van der Waals surface area contributed by atoms with Gasteiger partial charge in [-0.15, -0.1) is 0 Å². The number of nitrogens with zero attached hydrogens (tertiary/aromatic N) is 1. The van der Waals surface area contributed by atoms with Gasteiger partial charge in [-0.25, -0.2) is 0 Å². The lowest BCUT2D eigenvalue weighted by Crippen LogP contribution is -2.31. The molecule has 0 amide bonds. The van der Waals surface area contributed by atoms with Crippen LogP contribution in [0.25, 0.3) is 0 Å². The molecular formula is C9H19NO2. The van der Waals surface area contributed by atoms with Crippen LogP contribution in [-0.4, -0.2) is 51.0 Å². The van der Waals surface area contributed by atoms with Crippen LogP contribution in [0.4, 0.5) is 0 Å². The molecular weight excluding hydrogens is 154 g/mol. The molecule has 0 bridgehead atoms. The standard InChI is InChI=1S/C9H19NO2/c1-8(11-2)6-10-5-4-9(7-10)12-3/h8-9H,4-7H2,1-3H3/t8-,9+/m1/s1. The van der Waals surface area contributed by atoms with Crippen molar-refractivity contribution < 1.29 is 9.47 Å². The van der Waals surface area contributed by atoms with Crippen LogP contribution in [-0.2, 0) is 9.47 Å². The van der Waals surface area contributed by atoms with Gasteiger partial charge in [-0.3, -0.25) is 4.90 Å². The molecule has 12 heavy (non-hydrogen) atoms. The number of likely N-dealkylation sites (tertiary alicyclic amines) is 1. The van der Waals surface area contributed by atoms with E-state index in [2.05, 4.69) is 11.8 Å². The highest BCUT2D eigenvalue weighted by atomic mass is 16.5. The topological polar surface area (TPSA) is 21.7 Å². The summed E-state index contributed by atoms with van der Waals surface area (Å²) in [6.07, 6.45) is 1.93. The quantitative estimate of drug-likeness (QED) is 0.626. The third-order valence-electron chi connectivity index (χ3n) is 2.48. The Labute approximate surface area is 74.6 Å². The van der Waals surface area contributed by atoms with Crippen molar-refractivity contribution in [2.75, 3.05) is 33.9 Å². The molecule has 1 saturated heterocycles. The lowest BCUT2D eigenvalue weighted by molar-refractivity contribution is 0.0710. The summed E-state index contributed by atoms with van der Waals surface area (Å²) in [7, 11) is 3.54. The van der Waals surface area contributed by atoms with Crippen LogP contribution in [0.1, 0.15) is 13.3 Å². The highest BCUT2D eigenvalue weighted by Gasteiger charge is 2.22.